The first-order valence-electron chi connectivity index (χ1n) is 7.43. The SMILES string of the molecule is Nc1nonc1C(=O)N/N=C\c1ccc(-c2ccc3c(c2)COC3=O)o1. The average molecular weight is 353 g/mol. The van der Waals surface area contributed by atoms with Gasteiger partial charge in [-0.05, 0) is 34.6 Å². The molecule has 0 aliphatic carbocycles. The Bertz CT molecular complexity index is 1040. The largest absolute Gasteiger partial charge is 0.457 e. The molecule has 10 nitrogen and oxygen atoms in total. The number of ether oxygens (including phenoxy) is 1. The molecule has 3 N–H and O–H groups in total. The van der Waals surface area contributed by atoms with Gasteiger partial charge < -0.3 is 14.9 Å². The summed E-state index contributed by atoms with van der Waals surface area (Å²) in [7, 11) is 0. The standard InChI is InChI=1S/C16H11N5O5/c17-14-13(20-26-21-14)15(22)19-18-6-10-2-4-12(25-10)8-1-3-11-9(5-8)7-24-16(11)23/h1-6H,7H2,(H2,17,21)(H,19,22)/b18-6-. The molecule has 1 amide bonds. The molecule has 3 heterocycles. The number of cyclic esters (lactones) is 1. The second-order valence-corrected chi connectivity index (χ2v) is 5.35. The maximum atomic E-state index is 11.7. The summed E-state index contributed by atoms with van der Waals surface area (Å²) in [4.78, 5) is 23.2. The van der Waals surface area contributed by atoms with Crippen molar-refractivity contribution in [3.8, 4) is 11.3 Å². The number of esters is 1. The van der Waals surface area contributed by atoms with Crippen LogP contribution in [0.4, 0.5) is 5.82 Å². The third-order valence-electron chi connectivity index (χ3n) is 3.68. The predicted molar refractivity (Wildman–Crippen MR) is 87.0 cm³/mol. The minimum absolute atomic E-state index is 0.128. The van der Waals surface area contributed by atoms with Crippen LogP contribution < -0.4 is 11.2 Å². The number of nitrogens with zero attached hydrogens (tertiary/aromatic N) is 3. The molecule has 4 rings (SSSR count). The van der Waals surface area contributed by atoms with Gasteiger partial charge in [0.05, 0.1) is 11.8 Å². The first-order chi connectivity index (χ1) is 12.6. The van der Waals surface area contributed by atoms with Crippen molar-refractivity contribution < 1.29 is 23.4 Å². The molecular formula is C16H11N5O5. The van der Waals surface area contributed by atoms with Gasteiger partial charge in [0.2, 0.25) is 11.5 Å². The molecule has 0 fully saturated rings. The van der Waals surface area contributed by atoms with Crippen molar-refractivity contribution in [1.82, 2.24) is 15.7 Å². The molecule has 2 aromatic heterocycles. The molecule has 10 heteroatoms. The Morgan fingerprint density at radius 2 is 2.15 bits per heavy atom. The minimum Gasteiger partial charge on any atom is -0.457 e. The zero-order chi connectivity index (χ0) is 18.1. The van der Waals surface area contributed by atoms with Crippen LogP contribution in [0.3, 0.4) is 0 Å². The van der Waals surface area contributed by atoms with Gasteiger partial charge in [-0.25, -0.2) is 14.8 Å². The summed E-state index contributed by atoms with van der Waals surface area (Å²) in [6, 6.07) is 8.75. The summed E-state index contributed by atoms with van der Waals surface area (Å²) in [5, 5.41) is 10.4. The number of fused-ring (bicyclic) bond motifs is 1. The molecule has 0 atom stereocenters. The first-order valence-corrected chi connectivity index (χ1v) is 7.43. The van der Waals surface area contributed by atoms with Crippen molar-refractivity contribution >= 4 is 23.9 Å². The number of hydrazone groups is 1. The number of hydrogen-bond donors (Lipinski definition) is 2. The van der Waals surface area contributed by atoms with Crippen molar-refractivity contribution in [2.45, 2.75) is 6.61 Å². The smallest absolute Gasteiger partial charge is 0.338 e. The average Bonchev–Trinajstić information content (AvgIpc) is 3.35. The number of anilines is 1. The van der Waals surface area contributed by atoms with E-state index in [0.29, 0.717) is 17.1 Å². The Balaban J connectivity index is 1.46. The Morgan fingerprint density at radius 1 is 1.27 bits per heavy atom. The van der Waals surface area contributed by atoms with Crippen molar-refractivity contribution in [3.63, 3.8) is 0 Å². The van der Waals surface area contributed by atoms with Crippen LogP contribution in [0.5, 0.6) is 0 Å². The van der Waals surface area contributed by atoms with Crippen LogP contribution in [0.2, 0.25) is 0 Å². The van der Waals surface area contributed by atoms with Gasteiger partial charge >= 0.3 is 5.97 Å². The van der Waals surface area contributed by atoms with E-state index < -0.39 is 5.91 Å². The van der Waals surface area contributed by atoms with E-state index in [2.05, 4.69) is 25.5 Å². The van der Waals surface area contributed by atoms with E-state index in [0.717, 1.165) is 11.1 Å². The van der Waals surface area contributed by atoms with Crippen LogP contribution >= 0.6 is 0 Å². The highest BCUT2D eigenvalue weighted by atomic mass is 16.6. The van der Waals surface area contributed by atoms with Gasteiger partial charge in [-0.3, -0.25) is 4.79 Å². The molecule has 3 aromatic rings. The quantitative estimate of drug-likeness (QED) is 0.406. The Kier molecular flexibility index (Phi) is 3.69. The second kappa shape index (κ2) is 6.16. The second-order valence-electron chi connectivity index (χ2n) is 5.35. The van der Waals surface area contributed by atoms with E-state index in [4.69, 9.17) is 14.9 Å². The summed E-state index contributed by atoms with van der Waals surface area (Å²) < 4.78 is 15.0. The Labute approximate surface area is 145 Å². The van der Waals surface area contributed by atoms with E-state index in [1.165, 1.54) is 6.21 Å². The lowest BCUT2D eigenvalue weighted by Gasteiger charge is -1.99. The number of carbonyl (C=O) groups is 2. The van der Waals surface area contributed by atoms with E-state index in [1.54, 1.807) is 24.3 Å². The lowest BCUT2D eigenvalue weighted by Crippen LogP contribution is -2.19. The number of carbonyl (C=O) groups excluding carboxylic acids is 2. The number of furan rings is 1. The molecule has 1 aliphatic rings. The van der Waals surface area contributed by atoms with Crippen LogP contribution in [-0.4, -0.2) is 28.4 Å². The fourth-order valence-corrected chi connectivity index (χ4v) is 2.42. The maximum absolute atomic E-state index is 11.7. The number of benzene rings is 1. The summed E-state index contributed by atoms with van der Waals surface area (Å²) in [5.41, 5.74) is 9.66. The number of nitrogens with one attached hydrogen (secondary N) is 1. The number of nitrogens with two attached hydrogens (primary N) is 1. The first kappa shape index (κ1) is 15.6. The molecular weight excluding hydrogens is 342 g/mol. The maximum Gasteiger partial charge on any atom is 0.338 e. The Hall–Kier alpha value is -3.95. The lowest BCUT2D eigenvalue weighted by atomic mass is 10.0. The van der Waals surface area contributed by atoms with Crippen molar-refractivity contribution in [3.05, 3.63) is 52.9 Å². The highest BCUT2D eigenvalue weighted by molar-refractivity contribution is 5.96. The van der Waals surface area contributed by atoms with Gasteiger partial charge in [-0.15, -0.1) is 0 Å². The third kappa shape index (κ3) is 2.79. The molecule has 0 spiro atoms. The minimum atomic E-state index is -0.657. The molecule has 1 aliphatic heterocycles. The predicted octanol–water partition coefficient (Wildman–Crippen LogP) is 1.35. The normalized spacial score (nSPS) is 13.0. The lowest BCUT2D eigenvalue weighted by molar-refractivity contribution is 0.0535. The number of aromatic nitrogens is 2. The molecule has 130 valence electrons. The van der Waals surface area contributed by atoms with Crippen LogP contribution in [0, 0.1) is 0 Å². The van der Waals surface area contributed by atoms with Gasteiger partial charge in [0, 0.05) is 11.1 Å². The molecule has 1 aromatic carbocycles. The summed E-state index contributed by atoms with van der Waals surface area (Å²) in [6.07, 6.45) is 1.32. The van der Waals surface area contributed by atoms with Crippen LogP contribution in [-0.2, 0) is 11.3 Å². The van der Waals surface area contributed by atoms with Crippen molar-refractivity contribution in [1.29, 1.82) is 0 Å². The molecule has 0 saturated carbocycles. The van der Waals surface area contributed by atoms with Crippen molar-refractivity contribution in [2.24, 2.45) is 5.10 Å². The Morgan fingerprint density at radius 3 is 2.96 bits per heavy atom. The van der Waals surface area contributed by atoms with E-state index in [9.17, 15) is 9.59 Å². The van der Waals surface area contributed by atoms with Gasteiger partial charge in [0.1, 0.15) is 18.1 Å². The van der Waals surface area contributed by atoms with Crippen molar-refractivity contribution in [2.75, 3.05) is 5.73 Å². The number of rotatable bonds is 4. The van der Waals surface area contributed by atoms with Gasteiger partial charge in [0.15, 0.2) is 0 Å². The molecule has 26 heavy (non-hydrogen) atoms. The molecule has 0 radical (unpaired) electrons. The highest BCUT2D eigenvalue weighted by Crippen LogP contribution is 2.28. The summed E-state index contributed by atoms with van der Waals surface area (Å²) >= 11 is 0. The van der Waals surface area contributed by atoms with Gasteiger partial charge in [-0.1, -0.05) is 6.07 Å². The third-order valence-corrected chi connectivity index (χ3v) is 3.68. The summed E-state index contributed by atoms with van der Waals surface area (Å²) in [5.74, 6) is -0.103. The fraction of sp³-hybridized carbons (Fsp3) is 0.0625. The van der Waals surface area contributed by atoms with E-state index in [-0.39, 0.29) is 24.1 Å². The fourth-order valence-electron chi connectivity index (χ4n) is 2.42. The van der Waals surface area contributed by atoms with E-state index >= 15 is 0 Å². The highest BCUT2D eigenvalue weighted by Gasteiger charge is 2.21. The van der Waals surface area contributed by atoms with Crippen LogP contribution in [0.15, 0.2) is 44.5 Å². The number of amides is 1. The zero-order valence-electron chi connectivity index (χ0n) is 13.1. The topological polar surface area (TPSA) is 146 Å². The van der Waals surface area contributed by atoms with Crippen LogP contribution in [0.1, 0.15) is 32.2 Å². The van der Waals surface area contributed by atoms with E-state index in [1.807, 2.05) is 6.07 Å². The monoisotopic (exact) mass is 353 g/mol. The number of hydrogen-bond acceptors (Lipinski definition) is 9. The summed E-state index contributed by atoms with van der Waals surface area (Å²) in [6.45, 7) is 0.253. The zero-order valence-corrected chi connectivity index (χ0v) is 13.1. The number of nitrogen functional groups attached to an aromatic ring is 1. The van der Waals surface area contributed by atoms with Gasteiger partial charge in [0.25, 0.3) is 5.91 Å². The molecule has 0 unspecified atom stereocenters. The van der Waals surface area contributed by atoms with Crippen LogP contribution in [0.25, 0.3) is 11.3 Å². The van der Waals surface area contributed by atoms with Gasteiger partial charge in [-0.2, -0.15) is 5.10 Å². The molecule has 0 bridgehead atoms. The molecule has 0 saturated heterocycles.